The van der Waals surface area contributed by atoms with Crippen molar-refractivity contribution in [2.24, 2.45) is 0 Å². The molecule has 0 radical (unpaired) electrons. The number of hydrogen-bond donors (Lipinski definition) is 1. The van der Waals surface area contributed by atoms with E-state index < -0.39 is 16.1 Å². The molecule has 2 heterocycles. The van der Waals surface area contributed by atoms with Crippen LogP contribution in [0.2, 0.25) is 0 Å². The topological polar surface area (TPSA) is 97.8 Å². The van der Waals surface area contributed by atoms with Gasteiger partial charge in [0.15, 0.2) is 11.5 Å². The number of aryl methyl sites for hydroxylation is 1. The van der Waals surface area contributed by atoms with Gasteiger partial charge in [0.1, 0.15) is 6.04 Å². The first kappa shape index (κ1) is 20.6. The van der Waals surface area contributed by atoms with Crippen molar-refractivity contribution in [1.29, 1.82) is 0 Å². The number of thiazole rings is 1. The molecule has 0 aliphatic carbocycles. The summed E-state index contributed by atoms with van der Waals surface area (Å²) in [4.78, 5) is 17.0. The number of aromatic nitrogens is 1. The average molecular weight is 426 g/mol. The van der Waals surface area contributed by atoms with Gasteiger partial charge in [-0.3, -0.25) is 4.79 Å². The molecule has 1 saturated heterocycles. The van der Waals surface area contributed by atoms with E-state index in [1.54, 1.807) is 6.07 Å². The Balaban J connectivity index is 1.77. The van der Waals surface area contributed by atoms with E-state index in [0.717, 1.165) is 10.7 Å². The summed E-state index contributed by atoms with van der Waals surface area (Å²) in [5, 5.41) is 5.60. The Labute approximate surface area is 168 Å². The molecule has 0 unspecified atom stereocenters. The van der Waals surface area contributed by atoms with Crippen molar-refractivity contribution in [3.05, 3.63) is 34.3 Å². The minimum absolute atomic E-state index is 0.0694. The van der Waals surface area contributed by atoms with Gasteiger partial charge in [-0.1, -0.05) is 0 Å². The number of carbonyl (C=O) groups is 1. The van der Waals surface area contributed by atoms with Crippen LogP contribution in [0.25, 0.3) is 0 Å². The quantitative estimate of drug-likeness (QED) is 0.728. The van der Waals surface area contributed by atoms with E-state index in [4.69, 9.17) is 9.47 Å². The number of nitrogens with one attached hydrogen (secondary N) is 1. The molecule has 1 fully saturated rings. The van der Waals surface area contributed by atoms with E-state index in [1.165, 1.54) is 42.0 Å². The third-order valence-electron chi connectivity index (χ3n) is 4.58. The summed E-state index contributed by atoms with van der Waals surface area (Å²) in [5.41, 5.74) is 0.767. The number of carbonyl (C=O) groups excluding carboxylic acids is 1. The lowest BCUT2D eigenvalue weighted by atomic mass is 10.2. The molecular weight excluding hydrogens is 402 g/mol. The molecule has 0 bridgehead atoms. The smallest absolute Gasteiger partial charge is 0.243 e. The Kier molecular flexibility index (Phi) is 6.21. The number of methoxy groups -OCH3 is 2. The molecule has 1 aliphatic heterocycles. The molecule has 10 heteroatoms. The summed E-state index contributed by atoms with van der Waals surface area (Å²) in [5.74, 6) is 0.450. The van der Waals surface area contributed by atoms with E-state index in [0.29, 0.717) is 30.9 Å². The van der Waals surface area contributed by atoms with Crippen molar-refractivity contribution in [2.45, 2.75) is 37.2 Å². The number of nitrogens with zero attached hydrogens (tertiary/aromatic N) is 2. The molecule has 1 aromatic carbocycles. The molecule has 1 amide bonds. The van der Waals surface area contributed by atoms with Gasteiger partial charge in [-0.15, -0.1) is 11.3 Å². The third-order valence-corrected chi connectivity index (χ3v) is 7.30. The van der Waals surface area contributed by atoms with Crippen LogP contribution >= 0.6 is 11.3 Å². The van der Waals surface area contributed by atoms with Crippen LogP contribution in [0.1, 0.15) is 23.5 Å². The van der Waals surface area contributed by atoms with Gasteiger partial charge in [-0.2, -0.15) is 4.31 Å². The molecule has 1 N–H and O–H groups in total. The zero-order valence-corrected chi connectivity index (χ0v) is 17.6. The molecule has 2 aromatic rings. The number of rotatable bonds is 7. The second-order valence-corrected chi connectivity index (χ2v) is 9.32. The lowest BCUT2D eigenvalue weighted by molar-refractivity contribution is -0.124. The highest BCUT2D eigenvalue weighted by Gasteiger charge is 2.39. The van der Waals surface area contributed by atoms with E-state index >= 15 is 0 Å². The lowest BCUT2D eigenvalue weighted by Gasteiger charge is -2.23. The van der Waals surface area contributed by atoms with Crippen molar-refractivity contribution < 1.29 is 22.7 Å². The van der Waals surface area contributed by atoms with E-state index in [-0.39, 0.29) is 17.3 Å². The highest BCUT2D eigenvalue weighted by atomic mass is 32.2. The summed E-state index contributed by atoms with van der Waals surface area (Å²) >= 11 is 1.51. The predicted molar refractivity (Wildman–Crippen MR) is 105 cm³/mol. The Bertz CT molecular complexity index is 958. The minimum Gasteiger partial charge on any atom is -0.493 e. The highest BCUT2D eigenvalue weighted by molar-refractivity contribution is 7.89. The fourth-order valence-corrected chi connectivity index (χ4v) is 5.47. The summed E-state index contributed by atoms with van der Waals surface area (Å²) in [6, 6.07) is 3.68. The van der Waals surface area contributed by atoms with Crippen LogP contribution in [0.3, 0.4) is 0 Å². The Morgan fingerprint density at radius 2 is 2.07 bits per heavy atom. The Hall–Kier alpha value is -2.17. The maximum absolute atomic E-state index is 13.1. The van der Waals surface area contributed by atoms with Gasteiger partial charge >= 0.3 is 0 Å². The normalized spacial score (nSPS) is 17.5. The standard InChI is InChI=1S/C18H23N3O5S2/c1-12-20-13(11-27-12)10-19-18(22)15-5-4-8-21(15)28(23,24)14-6-7-16(25-2)17(9-14)26-3/h6-7,9,11,15H,4-5,8,10H2,1-3H3,(H,19,22)/t15-/m1/s1. The lowest BCUT2D eigenvalue weighted by Crippen LogP contribution is -2.45. The fourth-order valence-electron chi connectivity index (χ4n) is 3.19. The first-order chi connectivity index (χ1) is 13.4. The number of hydrogen-bond acceptors (Lipinski definition) is 7. The van der Waals surface area contributed by atoms with Crippen LogP contribution in [-0.4, -0.2) is 50.4 Å². The molecule has 1 aliphatic rings. The van der Waals surface area contributed by atoms with Crippen LogP contribution in [0.15, 0.2) is 28.5 Å². The summed E-state index contributed by atoms with van der Waals surface area (Å²) in [6.07, 6.45) is 1.11. The molecule has 1 atom stereocenters. The van der Waals surface area contributed by atoms with E-state index in [9.17, 15) is 13.2 Å². The SMILES string of the molecule is COc1ccc(S(=O)(=O)N2CCC[C@@H]2C(=O)NCc2csc(C)n2)cc1OC. The fraction of sp³-hybridized carbons (Fsp3) is 0.444. The molecule has 0 saturated carbocycles. The van der Waals surface area contributed by atoms with Gasteiger partial charge in [-0.25, -0.2) is 13.4 Å². The van der Waals surface area contributed by atoms with Crippen LogP contribution in [0, 0.1) is 6.92 Å². The summed E-state index contributed by atoms with van der Waals surface area (Å²) < 4.78 is 37.9. The number of amides is 1. The molecular formula is C18H23N3O5S2. The highest BCUT2D eigenvalue weighted by Crippen LogP contribution is 2.33. The van der Waals surface area contributed by atoms with Crippen LogP contribution in [0.5, 0.6) is 11.5 Å². The Morgan fingerprint density at radius 3 is 2.71 bits per heavy atom. The average Bonchev–Trinajstić information content (AvgIpc) is 3.35. The summed E-state index contributed by atoms with van der Waals surface area (Å²) in [7, 11) is -0.918. The second-order valence-electron chi connectivity index (χ2n) is 6.37. The first-order valence-electron chi connectivity index (χ1n) is 8.79. The number of sulfonamides is 1. The van der Waals surface area contributed by atoms with Crippen molar-refractivity contribution in [3.8, 4) is 11.5 Å². The molecule has 1 aromatic heterocycles. The second kappa shape index (κ2) is 8.46. The van der Waals surface area contributed by atoms with Crippen LogP contribution in [-0.2, 0) is 21.4 Å². The minimum atomic E-state index is -3.85. The molecule has 0 spiro atoms. The van der Waals surface area contributed by atoms with Gasteiger partial charge in [0.25, 0.3) is 0 Å². The third kappa shape index (κ3) is 4.13. The van der Waals surface area contributed by atoms with Gasteiger partial charge in [-0.05, 0) is 31.9 Å². The van der Waals surface area contributed by atoms with Gasteiger partial charge in [0, 0.05) is 18.0 Å². The van der Waals surface area contributed by atoms with E-state index in [2.05, 4.69) is 10.3 Å². The predicted octanol–water partition coefficient (Wildman–Crippen LogP) is 1.94. The van der Waals surface area contributed by atoms with Crippen LogP contribution in [0.4, 0.5) is 0 Å². The monoisotopic (exact) mass is 425 g/mol. The Morgan fingerprint density at radius 1 is 1.32 bits per heavy atom. The van der Waals surface area contributed by atoms with Crippen molar-refractivity contribution in [3.63, 3.8) is 0 Å². The molecule has 152 valence electrons. The maximum Gasteiger partial charge on any atom is 0.243 e. The van der Waals surface area contributed by atoms with Crippen LogP contribution < -0.4 is 14.8 Å². The van der Waals surface area contributed by atoms with Crippen molar-refractivity contribution in [1.82, 2.24) is 14.6 Å². The molecule has 3 rings (SSSR count). The number of ether oxygens (including phenoxy) is 2. The van der Waals surface area contributed by atoms with E-state index in [1.807, 2.05) is 12.3 Å². The van der Waals surface area contributed by atoms with Gasteiger partial charge < -0.3 is 14.8 Å². The molecule has 8 nitrogen and oxygen atoms in total. The van der Waals surface area contributed by atoms with Gasteiger partial charge in [0.2, 0.25) is 15.9 Å². The zero-order valence-electron chi connectivity index (χ0n) is 16.0. The molecule has 28 heavy (non-hydrogen) atoms. The van der Waals surface area contributed by atoms with Crippen molar-refractivity contribution in [2.75, 3.05) is 20.8 Å². The van der Waals surface area contributed by atoms with Gasteiger partial charge in [0.05, 0.1) is 36.4 Å². The zero-order chi connectivity index (χ0) is 20.3. The summed E-state index contributed by atoms with van der Waals surface area (Å²) in [6.45, 7) is 2.47. The maximum atomic E-state index is 13.1. The largest absolute Gasteiger partial charge is 0.493 e. The number of benzene rings is 1. The first-order valence-corrected chi connectivity index (χ1v) is 11.1. The van der Waals surface area contributed by atoms with Crippen molar-refractivity contribution >= 4 is 27.3 Å².